The van der Waals surface area contributed by atoms with Gasteiger partial charge in [-0.1, -0.05) is 39.0 Å². The largest absolute Gasteiger partial charge is 0.314 e. The maximum Gasteiger partial charge on any atom is 0.0108 e. The van der Waals surface area contributed by atoms with Crippen molar-refractivity contribution in [2.24, 2.45) is 0 Å². The predicted molar refractivity (Wildman–Crippen MR) is 74.6 cm³/mol. The van der Waals surface area contributed by atoms with Crippen LogP contribution in [0.4, 0.5) is 0 Å². The standard InChI is InChI=1S/C16H25N/c1-12-10-14(16(2,3)4)8-7-13(12)11-15-6-5-9-17-15/h7-8,10,15,17H,5-6,9,11H2,1-4H3. The van der Waals surface area contributed by atoms with Gasteiger partial charge in [-0.2, -0.15) is 0 Å². The number of hydrogen-bond donors (Lipinski definition) is 1. The summed E-state index contributed by atoms with van der Waals surface area (Å²) >= 11 is 0. The fourth-order valence-corrected chi connectivity index (χ4v) is 2.59. The summed E-state index contributed by atoms with van der Waals surface area (Å²) < 4.78 is 0. The molecule has 1 aliphatic heterocycles. The van der Waals surface area contributed by atoms with Gasteiger partial charge >= 0.3 is 0 Å². The van der Waals surface area contributed by atoms with E-state index in [2.05, 4.69) is 51.2 Å². The molecule has 0 aliphatic carbocycles. The van der Waals surface area contributed by atoms with E-state index >= 15 is 0 Å². The molecular weight excluding hydrogens is 206 g/mol. The van der Waals surface area contributed by atoms with Crippen LogP contribution in [0.2, 0.25) is 0 Å². The highest BCUT2D eigenvalue weighted by Crippen LogP contribution is 2.25. The molecule has 17 heavy (non-hydrogen) atoms. The van der Waals surface area contributed by atoms with Gasteiger partial charge < -0.3 is 5.32 Å². The van der Waals surface area contributed by atoms with Crippen molar-refractivity contribution in [3.8, 4) is 0 Å². The Balaban J connectivity index is 2.14. The minimum atomic E-state index is 0.259. The van der Waals surface area contributed by atoms with Crippen LogP contribution in [0.5, 0.6) is 0 Å². The smallest absolute Gasteiger partial charge is 0.0108 e. The van der Waals surface area contributed by atoms with Gasteiger partial charge in [0.25, 0.3) is 0 Å². The highest BCUT2D eigenvalue weighted by molar-refractivity contribution is 5.35. The molecule has 0 amide bonds. The fourth-order valence-electron chi connectivity index (χ4n) is 2.59. The zero-order valence-corrected chi connectivity index (χ0v) is 11.6. The van der Waals surface area contributed by atoms with E-state index in [0.717, 1.165) is 0 Å². The maximum atomic E-state index is 3.58. The molecule has 1 N–H and O–H groups in total. The second kappa shape index (κ2) is 4.81. The highest BCUT2D eigenvalue weighted by Gasteiger charge is 2.17. The van der Waals surface area contributed by atoms with Gasteiger partial charge in [-0.15, -0.1) is 0 Å². The van der Waals surface area contributed by atoms with E-state index < -0.39 is 0 Å². The van der Waals surface area contributed by atoms with E-state index in [1.165, 1.54) is 42.5 Å². The summed E-state index contributed by atoms with van der Waals surface area (Å²) in [5.41, 5.74) is 4.66. The van der Waals surface area contributed by atoms with Crippen LogP contribution in [-0.4, -0.2) is 12.6 Å². The first-order valence-corrected chi connectivity index (χ1v) is 6.80. The third-order valence-corrected chi connectivity index (χ3v) is 3.84. The van der Waals surface area contributed by atoms with E-state index in [-0.39, 0.29) is 5.41 Å². The third kappa shape index (κ3) is 3.10. The number of nitrogens with one attached hydrogen (secondary N) is 1. The molecule has 0 radical (unpaired) electrons. The molecular formula is C16H25N. The molecule has 1 unspecified atom stereocenters. The Labute approximate surface area is 106 Å². The molecule has 1 heteroatoms. The van der Waals surface area contributed by atoms with Gasteiger partial charge in [-0.05, 0) is 54.8 Å². The minimum Gasteiger partial charge on any atom is -0.314 e. The quantitative estimate of drug-likeness (QED) is 0.820. The molecule has 0 spiro atoms. The SMILES string of the molecule is Cc1cc(C(C)(C)C)ccc1CC1CCCN1. The Morgan fingerprint density at radius 1 is 1.29 bits per heavy atom. The summed E-state index contributed by atoms with van der Waals surface area (Å²) in [5, 5.41) is 3.58. The summed E-state index contributed by atoms with van der Waals surface area (Å²) in [6, 6.07) is 7.70. The van der Waals surface area contributed by atoms with Crippen molar-refractivity contribution < 1.29 is 0 Å². The van der Waals surface area contributed by atoms with E-state index in [1.54, 1.807) is 0 Å². The number of aryl methyl sites for hydroxylation is 1. The first-order valence-electron chi connectivity index (χ1n) is 6.80. The zero-order chi connectivity index (χ0) is 12.5. The molecule has 2 rings (SSSR count). The van der Waals surface area contributed by atoms with E-state index in [9.17, 15) is 0 Å². The molecule has 1 aromatic carbocycles. The van der Waals surface area contributed by atoms with E-state index in [1.807, 2.05) is 0 Å². The maximum absolute atomic E-state index is 3.58. The summed E-state index contributed by atoms with van der Waals surface area (Å²) in [5.74, 6) is 0. The monoisotopic (exact) mass is 231 g/mol. The molecule has 1 fully saturated rings. The number of hydrogen-bond acceptors (Lipinski definition) is 1. The zero-order valence-electron chi connectivity index (χ0n) is 11.6. The average Bonchev–Trinajstić information content (AvgIpc) is 2.72. The Morgan fingerprint density at radius 3 is 2.59 bits per heavy atom. The summed E-state index contributed by atoms with van der Waals surface area (Å²) in [7, 11) is 0. The lowest BCUT2D eigenvalue weighted by atomic mass is 9.84. The van der Waals surface area contributed by atoms with Crippen LogP contribution in [0.15, 0.2) is 18.2 Å². The Bertz CT molecular complexity index is 381. The van der Waals surface area contributed by atoms with Crippen molar-refractivity contribution in [3.05, 3.63) is 34.9 Å². The summed E-state index contributed by atoms with van der Waals surface area (Å²) in [6.07, 6.45) is 3.86. The van der Waals surface area contributed by atoms with Crippen molar-refractivity contribution in [3.63, 3.8) is 0 Å². The van der Waals surface area contributed by atoms with Crippen LogP contribution >= 0.6 is 0 Å². The summed E-state index contributed by atoms with van der Waals surface area (Å²) in [4.78, 5) is 0. The Morgan fingerprint density at radius 2 is 2.06 bits per heavy atom. The topological polar surface area (TPSA) is 12.0 Å². The lowest BCUT2D eigenvalue weighted by Crippen LogP contribution is -2.24. The number of benzene rings is 1. The van der Waals surface area contributed by atoms with Gasteiger partial charge in [0.1, 0.15) is 0 Å². The Hall–Kier alpha value is -0.820. The first kappa shape index (κ1) is 12.6. The molecule has 1 atom stereocenters. The van der Waals surface area contributed by atoms with Crippen LogP contribution in [0.25, 0.3) is 0 Å². The molecule has 94 valence electrons. The number of rotatable bonds is 2. The van der Waals surface area contributed by atoms with Gasteiger partial charge in [0.2, 0.25) is 0 Å². The third-order valence-electron chi connectivity index (χ3n) is 3.84. The van der Waals surface area contributed by atoms with Crippen LogP contribution in [0, 0.1) is 6.92 Å². The van der Waals surface area contributed by atoms with Crippen molar-refractivity contribution >= 4 is 0 Å². The van der Waals surface area contributed by atoms with E-state index in [4.69, 9.17) is 0 Å². The van der Waals surface area contributed by atoms with Crippen LogP contribution < -0.4 is 5.32 Å². The first-order chi connectivity index (χ1) is 7.97. The lowest BCUT2D eigenvalue weighted by Gasteiger charge is -2.21. The second-order valence-corrected chi connectivity index (χ2v) is 6.39. The van der Waals surface area contributed by atoms with Crippen molar-refractivity contribution in [2.75, 3.05) is 6.54 Å². The molecule has 1 saturated heterocycles. The second-order valence-electron chi connectivity index (χ2n) is 6.39. The average molecular weight is 231 g/mol. The molecule has 1 aliphatic rings. The van der Waals surface area contributed by atoms with Crippen molar-refractivity contribution in [2.45, 2.75) is 58.4 Å². The highest BCUT2D eigenvalue weighted by atomic mass is 14.9. The molecule has 1 nitrogen and oxygen atoms in total. The molecule has 0 saturated carbocycles. The molecule has 0 aromatic heterocycles. The van der Waals surface area contributed by atoms with Crippen LogP contribution in [-0.2, 0) is 11.8 Å². The fraction of sp³-hybridized carbons (Fsp3) is 0.625. The van der Waals surface area contributed by atoms with Crippen molar-refractivity contribution in [1.29, 1.82) is 0 Å². The van der Waals surface area contributed by atoms with Crippen molar-refractivity contribution in [1.82, 2.24) is 5.32 Å². The van der Waals surface area contributed by atoms with Crippen LogP contribution in [0.3, 0.4) is 0 Å². The van der Waals surface area contributed by atoms with Gasteiger partial charge in [-0.25, -0.2) is 0 Å². The van der Waals surface area contributed by atoms with Gasteiger partial charge in [0.05, 0.1) is 0 Å². The van der Waals surface area contributed by atoms with Gasteiger partial charge in [-0.3, -0.25) is 0 Å². The summed E-state index contributed by atoms with van der Waals surface area (Å²) in [6.45, 7) is 10.3. The van der Waals surface area contributed by atoms with Gasteiger partial charge in [0, 0.05) is 6.04 Å². The van der Waals surface area contributed by atoms with Crippen LogP contribution in [0.1, 0.15) is 50.3 Å². The van der Waals surface area contributed by atoms with E-state index in [0.29, 0.717) is 6.04 Å². The molecule has 0 bridgehead atoms. The predicted octanol–water partition coefficient (Wildman–Crippen LogP) is 3.59. The molecule has 1 heterocycles. The van der Waals surface area contributed by atoms with Gasteiger partial charge in [0.15, 0.2) is 0 Å². The molecule has 1 aromatic rings. The minimum absolute atomic E-state index is 0.259. The Kier molecular flexibility index (Phi) is 3.58. The normalized spacial score (nSPS) is 20.8. The lowest BCUT2D eigenvalue weighted by molar-refractivity contribution is 0.585.